The van der Waals surface area contributed by atoms with Gasteiger partial charge in [0.25, 0.3) is 5.56 Å². The highest BCUT2D eigenvalue weighted by Crippen LogP contribution is 2.20. The van der Waals surface area contributed by atoms with Crippen molar-refractivity contribution in [2.45, 2.75) is 32.6 Å². The van der Waals surface area contributed by atoms with Gasteiger partial charge >= 0.3 is 0 Å². The fourth-order valence-corrected chi connectivity index (χ4v) is 3.98. The number of unbranched alkanes of at least 4 members (excludes halogenated alkanes) is 3. The molecule has 29 heavy (non-hydrogen) atoms. The minimum absolute atomic E-state index is 0.139. The molecule has 0 radical (unpaired) electrons. The molecule has 148 valence electrons. The zero-order valence-corrected chi connectivity index (χ0v) is 17.2. The summed E-state index contributed by atoms with van der Waals surface area (Å²) >= 11 is 1.35. The van der Waals surface area contributed by atoms with E-state index < -0.39 is 0 Å². The first-order chi connectivity index (χ1) is 14.2. The van der Waals surface area contributed by atoms with Crippen molar-refractivity contribution in [3.8, 4) is 17.1 Å². The van der Waals surface area contributed by atoms with E-state index in [1.807, 2.05) is 60.7 Å². The molecule has 0 saturated carbocycles. The minimum Gasteiger partial charge on any atom is -0.494 e. The molecule has 0 aliphatic heterocycles. The summed E-state index contributed by atoms with van der Waals surface area (Å²) in [6.07, 6.45) is 6.61. The number of hydrogen-bond acceptors (Lipinski definition) is 5. The first kappa shape index (κ1) is 19.3. The Labute approximate surface area is 173 Å². The van der Waals surface area contributed by atoms with Crippen LogP contribution in [0.2, 0.25) is 0 Å². The average molecular weight is 406 g/mol. The second-order valence-corrected chi connectivity index (χ2v) is 7.90. The molecule has 0 unspecified atom stereocenters. The Morgan fingerprint density at radius 2 is 1.83 bits per heavy atom. The van der Waals surface area contributed by atoms with Crippen LogP contribution in [0.5, 0.6) is 5.75 Å². The van der Waals surface area contributed by atoms with Crippen molar-refractivity contribution in [2.24, 2.45) is 0 Å². The third-order valence-electron chi connectivity index (χ3n) is 4.66. The Morgan fingerprint density at radius 1 is 1.03 bits per heavy atom. The molecule has 0 amide bonds. The van der Waals surface area contributed by atoms with Crippen molar-refractivity contribution in [2.75, 3.05) is 6.61 Å². The van der Waals surface area contributed by atoms with Gasteiger partial charge in [0.05, 0.1) is 11.1 Å². The Kier molecular flexibility index (Phi) is 6.00. The molecule has 6 heteroatoms. The highest BCUT2D eigenvalue weighted by Gasteiger charge is 2.12. The Balaban J connectivity index is 1.50. The SMILES string of the molecule is CCCCCCOc1ccc(-c2nc3sc(=Cc4ccccc4)c(=O)n3n2)cc1. The summed E-state index contributed by atoms with van der Waals surface area (Å²) in [7, 11) is 0. The molecular weight excluding hydrogens is 382 g/mol. The molecule has 2 heterocycles. The molecule has 0 spiro atoms. The molecule has 0 N–H and O–H groups in total. The number of thiazole rings is 1. The Hall–Kier alpha value is -2.99. The van der Waals surface area contributed by atoms with Crippen LogP contribution in [0.4, 0.5) is 0 Å². The molecule has 0 saturated heterocycles. The topological polar surface area (TPSA) is 56.5 Å². The zero-order valence-electron chi connectivity index (χ0n) is 16.4. The van der Waals surface area contributed by atoms with E-state index in [-0.39, 0.29) is 5.56 Å². The van der Waals surface area contributed by atoms with Gasteiger partial charge in [0.15, 0.2) is 5.82 Å². The summed E-state index contributed by atoms with van der Waals surface area (Å²) in [4.78, 5) is 17.8. The van der Waals surface area contributed by atoms with E-state index in [2.05, 4.69) is 17.0 Å². The normalized spacial score (nSPS) is 12.0. The van der Waals surface area contributed by atoms with Crippen molar-refractivity contribution in [3.63, 3.8) is 0 Å². The van der Waals surface area contributed by atoms with E-state index in [4.69, 9.17) is 4.74 Å². The van der Waals surface area contributed by atoms with Crippen LogP contribution in [0, 0.1) is 0 Å². The summed E-state index contributed by atoms with van der Waals surface area (Å²) in [5, 5.41) is 4.41. The number of aromatic nitrogens is 3. The molecule has 4 rings (SSSR count). The van der Waals surface area contributed by atoms with Crippen LogP contribution >= 0.6 is 11.3 Å². The van der Waals surface area contributed by atoms with Crippen molar-refractivity contribution < 1.29 is 4.74 Å². The summed E-state index contributed by atoms with van der Waals surface area (Å²) in [6, 6.07) is 17.5. The standard InChI is InChI=1S/C23H23N3O2S/c1-2-3-4-8-15-28-19-13-11-18(12-14-19)21-24-23-26(25-21)22(27)20(29-23)16-17-9-6-5-7-10-17/h5-7,9-14,16H,2-4,8,15H2,1H3. The van der Waals surface area contributed by atoms with Gasteiger partial charge in [-0.25, -0.2) is 0 Å². The van der Waals surface area contributed by atoms with E-state index >= 15 is 0 Å². The van der Waals surface area contributed by atoms with Crippen LogP contribution in [-0.4, -0.2) is 21.2 Å². The molecule has 0 aliphatic rings. The van der Waals surface area contributed by atoms with E-state index in [0.717, 1.165) is 29.9 Å². The van der Waals surface area contributed by atoms with Gasteiger partial charge in [0.1, 0.15) is 5.75 Å². The monoisotopic (exact) mass is 405 g/mol. The van der Waals surface area contributed by atoms with Gasteiger partial charge in [-0.1, -0.05) is 67.9 Å². The van der Waals surface area contributed by atoms with Gasteiger partial charge in [-0.3, -0.25) is 4.79 Å². The molecule has 0 atom stereocenters. The van der Waals surface area contributed by atoms with Crippen molar-refractivity contribution in [1.29, 1.82) is 0 Å². The van der Waals surface area contributed by atoms with E-state index in [1.54, 1.807) is 0 Å². The lowest BCUT2D eigenvalue weighted by molar-refractivity contribution is 0.305. The van der Waals surface area contributed by atoms with E-state index in [0.29, 0.717) is 15.3 Å². The van der Waals surface area contributed by atoms with Crippen LogP contribution in [0.15, 0.2) is 59.4 Å². The van der Waals surface area contributed by atoms with Crippen LogP contribution in [-0.2, 0) is 0 Å². The quantitative estimate of drug-likeness (QED) is 0.410. The Morgan fingerprint density at radius 3 is 2.55 bits per heavy atom. The third kappa shape index (κ3) is 4.54. The van der Waals surface area contributed by atoms with Crippen LogP contribution < -0.4 is 14.8 Å². The lowest BCUT2D eigenvalue weighted by Crippen LogP contribution is -2.23. The highest BCUT2D eigenvalue weighted by molar-refractivity contribution is 7.15. The molecule has 5 nitrogen and oxygen atoms in total. The van der Waals surface area contributed by atoms with Gasteiger partial charge in [0, 0.05) is 5.56 Å². The number of fused-ring (bicyclic) bond motifs is 1. The largest absolute Gasteiger partial charge is 0.494 e. The van der Waals surface area contributed by atoms with Crippen molar-refractivity contribution >= 4 is 22.4 Å². The Bertz CT molecular complexity index is 1180. The van der Waals surface area contributed by atoms with Gasteiger partial charge in [-0.2, -0.15) is 9.50 Å². The van der Waals surface area contributed by atoms with Crippen LogP contribution in [0.25, 0.3) is 22.4 Å². The molecule has 0 bridgehead atoms. The second kappa shape index (κ2) is 9.01. The fraction of sp³-hybridized carbons (Fsp3) is 0.261. The van der Waals surface area contributed by atoms with Gasteiger partial charge in [-0.05, 0) is 42.3 Å². The lowest BCUT2D eigenvalue weighted by atomic mass is 10.2. The van der Waals surface area contributed by atoms with Gasteiger partial charge in [0.2, 0.25) is 4.96 Å². The first-order valence-corrected chi connectivity index (χ1v) is 10.8. The third-order valence-corrected chi connectivity index (χ3v) is 5.62. The van der Waals surface area contributed by atoms with Crippen LogP contribution in [0.3, 0.4) is 0 Å². The number of ether oxygens (including phenoxy) is 1. The van der Waals surface area contributed by atoms with Crippen LogP contribution in [0.1, 0.15) is 38.2 Å². The maximum atomic E-state index is 12.6. The predicted molar refractivity (Wildman–Crippen MR) is 117 cm³/mol. The molecule has 2 aromatic carbocycles. The number of nitrogens with zero attached hydrogens (tertiary/aromatic N) is 3. The molecule has 0 fully saturated rings. The fourth-order valence-electron chi connectivity index (χ4n) is 3.08. The maximum absolute atomic E-state index is 12.6. The average Bonchev–Trinajstić information content (AvgIpc) is 3.29. The zero-order chi connectivity index (χ0) is 20.1. The predicted octanol–water partition coefficient (Wildman–Crippen LogP) is 4.32. The summed E-state index contributed by atoms with van der Waals surface area (Å²) in [5.74, 6) is 1.39. The highest BCUT2D eigenvalue weighted by atomic mass is 32.1. The maximum Gasteiger partial charge on any atom is 0.291 e. The lowest BCUT2D eigenvalue weighted by Gasteiger charge is -2.06. The molecular formula is C23H23N3O2S. The van der Waals surface area contributed by atoms with Gasteiger partial charge < -0.3 is 4.74 Å². The number of rotatable bonds is 8. The summed E-state index contributed by atoms with van der Waals surface area (Å²) in [6.45, 7) is 2.93. The molecule has 2 aromatic heterocycles. The summed E-state index contributed by atoms with van der Waals surface area (Å²) < 4.78 is 7.79. The second-order valence-electron chi connectivity index (χ2n) is 6.89. The van der Waals surface area contributed by atoms with Gasteiger partial charge in [-0.15, -0.1) is 5.10 Å². The van der Waals surface area contributed by atoms with E-state index in [9.17, 15) is 4.79 Å². The number of hydrogen-bond donors (Lipinski definition) is 0. The first-order valence-electron chi connectivity index (χ1n) is 9.94. The van der Waals surface area contributed by atoms with Crippen molar-refractivity contribution in [3.05, 3.63) is 75.0 Å². The smallest absolute Gasteiger partial charge is 0.291 e. The molecule has 0 aliphatic carbocycles. The van der Waals surface area contributed by atoms with Crippen molar-refractivity contribution in [1.82, 2.24) is 14.6 Å². The summed E-state index contributed by atoms with van der Waals surface area (Å²) in [5.41, 5.74) is 1.71. The minimum atomic E-state index is -0.139. The number of benzene rings is 2. The van der Waals surface area contributed by atoms with E-state index in [1.165, 1.54) is 35.1 Å². The molecule has 4 aromatic rings.